The zero-order chi connectivity index (χ0) is 18.4. The summed E-state index contributed by atoms with van der Waals surface area (Å²) < 4.78 is 10.5. The second-order valence-electron chi connectivity index (χ2n) is 5.98. The lowest BCUT2D eigenvalue weighted by Crippen LogP contribution is -2.30. The third-order valence-electron chi connectivity index (χ3n) is 4.09. The lowest BCUT2D eigenvalue weighted by atomic mass is 10.1. The van der Waals surface area contributed by atoms with Crippen molar-refractivity contribution in [1.82, 2.24) is 4.90 Å². The van der Waals surface area contributed by atoms with E-state index in [4.69, 9.17) is 9.47 Å². The molecule has 0 aliphatic rings. The van der Waals surface area contributed by atoms with E-state index in [1.807, 2.05) is 21.0 Å². The summed E-state index contributed by atoms with van der Waals surface area (Å²) in [5.74, 6) is 1.17. The van der Waals surface area contributed by atoms with Gasteiger partial charge in [-0.2, -0.15) is 0 Å². The summed E-state index contributed by atoms with van der Waals surface area (Å²) in [5.41, 5.74) is 2.79. The van der Waals surface area contributed by atoms with E-state index in [9.17, 15) is 4.79 Å². The van der Waals surface area contributed by atoms with E-state index in [0.29, 0.717) is 30.2 Å². The van der Waals surface area contributed by atoms with Gasteiger partial charge in [-0.1, -0.05) is 12.1 Å². The minimum atomic E-state index is -0.0450. The standard InChI is InChI=1S/C20H26N2O3/c1-6-22(14-15-7-9-17(10-8-15)21(2)3)20(23)16-11-18(24-4)13-19(12-16)25-5/h7-13H,6,14H2,1-5H3. The molecule has 2 rings (SSSR count). The number of amides is 1. The number of carbonyl (C=O) groups is 1. The van der Waals surface area contributed by atoms with Crippen LogP contribution in [0, 0.1) is 0 Å². The topological polar surface area (TPSA) is 42.0 Å². The molecule has 1 amide bonds. The maximum Gasteiger partial charge on any atom is 0.254 e. The molecule has 0 aliphatic heterocycles. The van der Waals surface area contributed by atoms with Gasteiger partial charge in [0.15, 0.2) is 0 Å². The van der Waals surface area contributed by atoms with Gasteiger partial charge in [-0.05, 0) is 36.8 Å². The van der Waals surface area contributed by atoms with Crippen molar-refractivity contribution in [2.45, 2.75) is 13.5 Å². The van der Waals surface area contributed by atoms with E-state index >= 15 is 0 Å². The number of ether oxygens (including phenoxy) is 2. The fourth-order valence-corrected chi connectivity index (χ4v) is 2.56. The Labute approximate surface area is 149 Å². The molecule has 0 fully saturated rings. The van der Waals surface area contributed by atoms with Crippen LogP contribution in [0.5, 0.6) is 11.5 Å². The number of benzene rings is 2. The molecule has 2 aromatic carbocycles. The Hall–Kier alpha value is -2.69. The van der Waals surface area contributed by atoms with Gasteiger partial charge in [-0.25, -0.2) is 0 Å². The van der Waals surface area contributed by atoms with E-state index in [0.717, 1.165) is 11.3 Å². The average Bonchev–Trinajstić information content (AvgIpc) is 2.65. The molecule has 2 aromatic rings. The van der Waals surface area contributed by atoms with Crippen molar-refractivity contribution in [1.29, 1.82) is 0 Å². The summed E-state index contributed by atoms with van der Waals surface area (Å²) in [6.07, 6.45) is 0. The number of methoxy groups -OCH3 is 2. The molecule has 5 heteroatoms. The van der Waals surface area contributed by atoms with Crippen LogP contribution in [0.1, 0.15) is 22.8 Å². The van der Waals surface area contributed by atoms with Gasteiger partial charge in [0.2, 0.25) is 0 Å². The van der Waals surface area contributed by atoms with Crippen LogP contribution in [-0.2, 0) is 6.54 Å². The quantitative estimate of drug-likeness (QED) is 0.773. The SMILES string of the molecule is CCN(Cc1ccc(N(C)C)cc1)C(=O)c1cc(OC)cc(OC)c1. The first-order chi connectivity index (χ1) is 12.0. The predicted molar refractivity (Wildman–Crippen MR) is 101 cm³/mol. The number of hydrogen-bond acceptors (Lipinski definition) is 4. The van der Waals surface area contributed by atoms with Crippen molar-refractivity contribution in [2.75, 3.05) is 39.8 Å². The molecular weight excluding hydrogens is 316 g/mol. The molecule has 0 saturated carbocycles. The van der Waals surface area contributed by atoms with Crippen molar-refractivity contribution in [2.24, 2.45) is 0 Å². The molecule has 0 bridgehead atoms. The number of carbonyl (C=O) groups excluding carboxylic acids is 1. The van der Waals surface area contributed by atoms with Gasteiger partial charge in [0, 0.05) is 44.5 Å². The summed E-state index contributed by atoms with van der Waals surface area (Å²) in [5, 5.41) is 0. The lowest BCUT2D eigenvalue weighted by Gasteiger charge is -2.22. The third-order valence-corrected chi connectivity index (χ3v) is 4.09. The lowest BCUT2D eigenvalue weighted by molar-refractivity contribution is 0.0752. The molecule has 0 aromatic heterocycles. The molecule has 0 spiro atoms. The van der Waals surface area contributed by atoms with Gasteiger partial charge in [0.05, 0.1) is 14.2 Å². The first-order valence-corrected chi connectivity index (χ1v) is 8.27. The van der Waals surface area contributed by atoms with Gasteiger partial charge in [0.25, 0.3) is 5.91 Å². The highest BCUT2D eigenvalue weighted by molar-refractivity contribution is 5.95. The van der Waals surface area contributed by atoms with Gasteiger partial charge < -0.3 is 19.3 Å². The molecule has 134 valence electrons. The molecule has 0 aliphatic carbocycles. The van der Waals surface area contributed by atoms with Gasteiger partial charge in [-0.3, -0.25) is 4.79 Å². The van der Waals surface area contributed by atoms with Gasteiger partial charge in [-0.15, -0.1) is 0 Å². The van der Waals surface area contributed by atoms with E-state index in [2.05, 4.69) is 29.2 Å². The molecule has 5 nitrogen and oxygen atoms in total. The Morgan fingerprint density at radius 3 is 1.96 bits per heavy atom. The Kier molecular flexibility index (Phi) is 6.28. The third kappa shape index (κ3) is 4.66. The van der Waals surface area contributed by atoms with Crippen LogP contribution in [0.15, 0.2) is 42.5 Å². The molecule has 0 unspecified atom stereocenters. The monoisotopic (exact) mass is 342 g/mol. The highest BCUT2D eigenvalue weighted by Crippen LogP contribution is 2.24. The Morgan fingerprint density at radius 1 is 0.960 bits per heavy atom. The maximum absolute atomic E-state index is 12.9. The van der Waals surface area contributed by atoms with Crippen LogP contribution >= 0.6 is 0 Å². The van der Waals surface area contributed by atoms with Gasteiger partial charge >= 0.3 is 0 Å². The molecule has 0 radical (unpaired) electrons. The van der Waals surface area contributed by atoms with Crippen molar-refractivity contribution in [3.63, 3.8) is 0 Å². The highest BCUT2D eigenvalue weighted by atomic mass is 16.5. The van der Waals surface area contributed by atoms with Crippen LogP contribution < -0.4 is 14.4 Å². The molecule has 0 heterocycles. The Morgan fingerprint density at radius 2 is 1.52 bits per heavy atom. The zero-order valence-electron chi connectivity index (χ0n) is 15.6. The van der Waals surface area contributed by atoms with Crippen LogP contribution in [0.25, 0.3) is 0 Å². The average molecular weight is 342 g/mol. The largest absolute Gasteiger partial charge is 0.497 e. The van der Waals surface area contributed by atoms with E-state index in [1.54, 1.807) is 37.3 Å². The number of rotatable bonds is 7. The first-order valence-electron chi connectivity index (χ1n) is 8.27. The zero-order valence-corrected chi connectivity index (χ0v) is 15.6. The first kappa shape index (κ1) is 18.6. The van der Waals surface area contributed by atoms with Crippen molar-refractivity contribution in [3.05, 3.63) is 53.6 Å². The predicted octanol–water partition coefficient (Wildman–Crippen LogP) is 3.43. The molecule has 25 heavy (non-hydrogen) atoms. The summed E-state index contributed by atoms with van der Waals surface area (Å²) in [6.45, 7) is 3.15. The second kappa shape index (κ2) is 8.42. The van der Waals surface area contributed by atoms with E-state index < -0.39 is 0 Å². The number of hydrogen-bond donors (Lipinski definition) is 0. The van der Waals surface area contributed by atoms with E-state index in [1.165, 1.54) is 0 Å². The van der Waals surface area contributed by atoms with Crippen LogP contribution in [0.2, 0.25) is 0 Å². The molecule has 0 N–H and O–H groups in total. The summed E-state index contributed by atoms with van der Waals surface area (Å²) >= 11 is 0. The van der Waals surface area contributed by atoms with Crippen molar-refractivity contribution in [3.8, 4) is 11.5 Å². The van der Waals surface area contributed by atoms with Crippen molar-refractivity contribution >= 4 is 11.6 Å². The van der Waals surface area contributed by atoms with Crippen molar-refractivity contribution < 1.29 is 14.3 Å². The summed E-state index contributed by atoms with van der Waals surface area (Å²) in [7, 11) is 7.17. The number of anilines is 1. The Balaban J connectivity index is 2.20. The smallest absolute Gasteiger partial charge is 0.254 e. The summed E-state index contributed by atoms with van der Waals surface area (Å²) in [4.78, 5) is 16.8. The van der Waals surface area contributed by atoms with Crippen LogP contribution in [0.4, 0.5) is 5.69 Å². The minimum absolute atomic E-state index is 0.0450. The normalized spacial score (nSPS) is 10.3. The minimum Gasteiger partial charge on any atom is -0.497 e. The highest BCUT2D eigenvalue weighted by Gasteiger charge is 2.17. The Bertz CT molecular complexity index is 689. The van der Waals surface area contributed by atoms with E-state index in [-0.39, 0.29) is 5.91 Å². The fourth-order valence-electron chi connectivity index (χ4n) is 2.56. The summed E-state index contributed by atoms with van der Waals surface area (Å²) in [6, 6.07) is 13.5. The molecular formula is C20H26N2O3. The van der Waals surface area contributed by atoms with Gasteiger partial charge in [0.1, 0.15) is 11.5 Å². The molecule has 0 atom stereocenters. The fraction of sp³-hybridized carbons (Fsp3) is 0.350. The second-order valence-corrected chi connectivity index (χ2v) is 5.98. The van der Waals surface area contributed by atoms with Crippen LogP contribution in [0.3, 0.4) is 0 Å². The molecule has 0 saturated heterocycles. The van der Waals surface area contributed by atoms with Crippen LogP contribution in [-0.4, -0.2) is 45.7 Å². The number of nitrogens with zero attached hydrogens (tertiary/aromatic N) is 2. The maximum atomic E-state index is 12.9.